The van der Waals surface area contributed by atoms with E-state index in [0.29, 0.717) is 28.6 Å². The van der Waals surface area contributed by atoms with Crippen LogP contribution in [0.15, 0.2) is 42.5 Å². The minimum atomic E-state index is -0.481. The Morgan fingerprint density at radius 3 is 2.38 bits per heavy atom. The predicted molar refractivity (Wildman–Crippen MR) is 98.5 cm³/mol. The first kappa shape index (κ1) is 19.4. The maximum absolute atomic E-state index is 12.2. The van der Waals surface area contributed by atoms with Gasteiger partial charge in [0.05, 0.1) is 14.2 Å². The molecule has 0 saturated carbocycles. The first-order chi connectivity index (χ1) is 12.5. The predicted octanol–water partition coefficient (Wildman–Crippen LogP) is 2.84. The monoisotopic (exact) mass is 377 g/mol. The van der Waals surface area contributed by atoms with Crippen LogP contribution in [0.5, 0.6) is 11.5 Å². The average Bonchev–Trinajstić information content (AvgIpc) is 2.66. The summed E-state index contributed by atoms with van der Waals surface area (Å²) in [6, 6.07) is 11.5. The second kappa shape index (κ2) is 8.96. The zero-order chi connectivity index (χ0) is 19.1. The molecule has 2 rings (SSSR count). The van der Waals surface area contributed by atoms with Gasteiger partial charge in [-0.05, 0) is 29.8 Å². The average molecular weight is 378 g/mol. The lowest BCUT2D eigenvalue weighted by Crippen LogP contribution is -2.47. The van der Waals surface area contributed by atoms with Crippen LogP contribution in [0.3, 0.4) is 0 Å². The Labute approximate surface area is 156 Å². The Kier molecular flexibility index (Phi) is 6.68. The van der Waals surface area contributed by atoms with E-state index in [2.05, 4.69) is 10.9 Å². The molecule has 0 unspecified atom stereocenters. The number of hydrogen-bond acceptors (Lipinski definition) is 4. The largest absolute Gasteiger partial charge is 0.493 e. The van der Waals surface area contributed by atoms with E-state index in [9.17, 15) is 9.59 Å². The van der Waals surface area contributed by atoms with Gasteiger partial charge >= 0.3 is 6.03 Å². The SMILES string of the molecule is COc1ccc(C(=O)NNC(=O)N(C)Cc2ccccc2Cl)cc1OC. The summed E-state index contributed by atoms with van der Waals surface area (Å²) in [5.41, 5.74) is 5.84. The third-order valence-electron chi connectivity index (χ3n) is 3.64. The normalized spacial score (nSPS) is 10.0. The lowest BCUT2D eigenvalue weighted by molar-refractivity contribution is 0.0930. The van der Waals surface area contributed by atoms with Crippen LogP contribution >= 0.6 is 11.6 Å². The molecule has 0 atom stereocenters. The van der Waals surface area contributed by atoms with E-state index in [4.69, 9.17) is 21.1 Å². The van der Waals surface area contributed by atoms with E-state index in [1.54, 1.807) is 25.2 Å². The van der Waals surface area contributed by atoms with Crippen molar-refractivity contribution in [3.8, 4) is 11.5 Å². The van der Waals surface area contributed by atoms with Crippen LogP contribution in [0, 0.1) is 0 Å². The molecule has 0 saturated heterocycles. The van der Waals surface area contributed by atoms with E-state index >= 15 is 0 Å². The number of carbonyl (C=O) groups is 2. The third kappa shape index (κ3) is 4.80. The number of halogens is 1. The molecule has 2 aromatic carbocycles. The Bertz CT molecular complexity index is 798. The van der Waals surface area contributed by atoms with Gasteiger partial charge < -0.3 is 14.4 Å². The molecule has 0 heterocycles. The number of hydrazine groups is 1. The van der Waals surface area contributed by atoms with Gasteiger partial charge in [0.25, 0.3) is 5.91 Å². The van der Waals surface area contributed by atoms with Gasteiger partial charge in [-0.2, -0.15) is 0 Å². The molecule has 3 amide bonds. The summed E-state index contributed by atoms with van der Waals surface area (Å²) in [6.07, 6.45) is 0. The molecule has 0 radical (unpaired) electrons. The quantitative estimate of drug-likeness (QED) is 0.785. The van der Waals surface area contributed by atoms with E-state index in [1.165, 1.54) is 25.2 Å². The van der Waals surface area contributed by atoms with E-state index in [0.717, 1.165) is 5.56 Å². The van der Waals surface area contributed by atoms with Crippen molar-refractivity contribution in [1.29, 1.82) is 0 Å². The molecule has 0 aliphatic rings. The van der Waals surface area contributed by atoms with Gasteiger partial charge in [0.1, 0.15) is 0 Å². The Balaban J connectivity index is 1.94. The molecule has 138 valence electrons. The summed E-state index contributed by atoms with van der Waals surface area (Å²) < 4.78 is 10.3. The molecule has 7 nitrogen and oxygen atoms in total. The minimum Gasteiger partial charge on any atom is -0.493 e. The number of rotatable bonds is 5. The zero-order valence-corrected chi connectivity index (χ0v) is 15.5. The zero-order valence-electron chi connectivity index (χ0n) is 14.7. The van der Waals surface area contributed by atoms with Gasteiger partial charge in [-0.3, -0.25) is 10.2 Å². The number of amides is 3. The van der Waals surface area contributed by atoms with Crippen LogP contribution in [0.2, 0.25) is 5.02 Å². The van der Waals surface area contributed by atoms with Crippen molar-refractivity contribution in [3.05, 3.63) is 58.6 Å². The number of hydrogen-bond donors (Lipinski definition) is 2. The molecule has 0 aliphatic heterocycles. The van der Waals surface area contributed by atoms with E-state index in [1.807, 2.05) is 18.2 Å². The Hall–Kier alpha value is -2.93. The number of methoxy groups -OCH3 is 2. The summed E-state index contributed by atoms with van der Waals surface area (Å²) in [5, 5.41) is 0.571. The summed E-state index contributed by atoms with van der Waals surface area (Å²) in [4.78, 5) is 25.7. The summed E-state index contributed by atoms with van der Waals surface area (Å²) in [5.74, 6) is 0.445. The fourth-order valence-corrected chi connectivity index (χ4v) is 2.40. The molecule has 0 fully saturated rings. The molecule has 0 aliphatic carbocycles. The topological polar surface area (TPSA) is 79.9 Å². The minimum absolute atomic E-state index is 0.303. The van der Waals surface area contributed by atoms with Crippen LogP contribution in [-0.2, 0) is 6.54 Å². The highest BCUT2D eigenvalue weighted by Gasteiger charge is 2.14. The molecule has 0 spiro atoms. The Morgan fingerprint density at radius 1 is 1.04 bits per heavy atom. The smallest absolute Gasteiger partial charge is 0.336 e. The van der Waals surface area contributed by atoms with Crippen molar-refractivity contribution in [2.75, 3.05) is 21.3 Å². The number of nitrogens with zero attached hydrogens (tertiary/aromatic N) is 1. The number of carbonyl (C=O) groups excluding carboxylic acids is 2. The van der Waals surface area contributed by atoms with Crippen molar-refractivity contribution in [2.24, 2.45) is 0 Å². The molecular formula is C18H20ClN3O4. The van der Waals surface area contributed by atoms with Crippen LogP contribution in [0.4, 0.5) is 4.79 Å². The highest BCUT2D eigenvalue weighted by Crippen LogP contribution is 2.27. The van der Waals surface area contributed by atoms with Crippen molar-refractivity contribution < 1.29 is 19.1 Å². The highest BCUT2D eigenvalue weighted by molar-refractivity contribution is 6.31. The lowest BCUT2D eigenvalue weighted by atomic mass is 10.2. The Morgan fingerprint density at radius 2 is 1.73 bits per heavy atom. The van der Waals surface area contributed by atoms with Crippen LogP contribution in [0.25, 0.3) is 0 Å². The lowest BCUT2D eigenvalue weighted by Gasteiger charge is -2.19. The summed E-state index contributed by atoms with van der Waals surface area (Å²) in [7, 11) is 4.58. The van der Waals surface area contributed by atoms with Gasteiger partial charge in [-0.15, -0.1) is 0 Å². The van der Waals surface area contributed by atoms with Crippen LogP contribution < -0.4 is 20.3 Å². The van der Waals surface area contributed by atoms with Gasteiger partial charge in [-0.1, -0.05) is 29.8 Å². The molecule has 26 heavy (non-hydrogen) atoms. The van der Waals surface area contributed by atoms with Crippen molar-refractivity contribution >= 4 is 23.5 Å². The fraction of sp³-hybridized carbons (Fsp3) is 0.222. The van der Waals surface area contributed by atoms with Gasteiger partial charge in [0, 0.05) is 24.2 Å². The van der Waals surface area contributed by atoms with Crippen LogP contribution in [0.1, 0.15) is 15.9 Å². The summed E-state index contributed by atoms with van der Waals surface area (Å²) >= 11 is 6.08. The number of nitrogens with one attached hydrogen (secondary N) is 2. The standard InChI is InChI=1S/C18H20ClN3O4/c1-22(11-13-6-4-5-7-14(13)19)18(24)21-20-17(23)12-8-9-15(25-2)16(10-12)26-3/h4-10H,11H2,1-3H3,(H,20,23)(H,21,24). The maximum Gasteiger partial charge on any atom is 0.336 e. The van der Waals surface area contributed by atoms with E-state index in [-0.39, 0.29) is 0 Å². The van der Waals surface area contributed by atoms with Crippen molar-refractivity contribution in [1.82, 2.24) is 15.8 Å². The first-order valence-corrected chi connectivity index (χ1v) is 8.11. The third-order valence-corrected chi connectivity index (χ3v) is 4.01. The molecular weight excluding hydrogens is 358 g/mol. The maximum atomic E-state index is 12.2. The van der Waals surface area contributed by atoms with Crippen molar-refractivity contribution in [2.45, 2.75) is 6.54 Å². The van der Waals surface area contributed by atoms with Crippen LogP contribution in [-0.4, -0.2) is 38.1 Å². The van der Waals surface area contributed by atoms with Gasteiger partial charge in [0.15, 0.2) is 11.5 Å². The molecule has 0 aromatic heterocycles. The van der Waals surface area contributed by atoms with E-state index < -0.39 is 11.9 Å². The second-order valence-corrected chi connectivity index (χ2v) is 5.81. The van der Waals surface area contributed by atoms with Gasteiger partial charge in [-0.25, -0.2) is 10.2 Å². The highest BCUT2D eigenvalue weighted by atomic mass is 35.5. The number of urea groups is 1. The molecule has 8 heteroatoms. The number of benzene rings is 2. The van der Waals surface area contributed by atoms with Gasteiger partial charge in [0.2, 0.25) is 0 Å². The summed E-state index contributed by atoms with van der Waals surface area (Å²) in [6.45, 7) is 0.303. The molecule has 2 N–H and O–H groups in total. The molecule has 0 bridgehead atoms. The van der Waals surface area contributed by atoms with Crippen molar-refractivity contribution in [3.63, 3.8) is 0 Å². The number of ether oxygens (including phenoxy) is 2. The first-order valence-electron chi connectivity index (χ1n) is 7.73. The molecule has 2 aromatic rings. The fourth-order valence-electron chi connectivity index (χ4n) is 2.21. The second-order valence-electron chi connectivity index (χ2n) is 5.40.